The summed E-state index contributed by atoms with van der Waals surface area (Å²) < 4.78 is 5.16. The van der Waals surface area contributed by atoms with Crippen molar-refractivity contribution in [2.45, 2.75) is 39.2 Å². The first-order valence-corrected chi connectivity index (χ1v) is 7.63. The molecule has 0 aliphatic carbocycles. The zero-order valence-corrected chi connectivity index (χ0v) is 13.5. The number of hydrogen-bond donors (Lipinski definition) is 1. The molecule has 0 radical (unpaired) electrons. The average Bonchev–Trinajstić information content (AvgIpc) is 2.80. The number of aliphatic hydroxyl groups is 1. The van der Waals surface area contributed by atoms with E-state index < -0.39 is 6.10 Å². The van der Waals surface area contributed by atoms with Crippen molar-refractivity contribution >= 4 is 23.2 Å². The second kappa shape index (κ2) is 7.25. The van der Waals surface area contributed by atoms with Crippen LogP contribution < -0.4 is 0 Å². The summed E-state index contributed by atoms with van der Waals surface area (Å²) in [4.78, 5) is 4.29. The van der Waals surface area contributed by atoms with E-state index in [9.17, 15) is 5.11 Å². The van der Waals surface area contributed by atoms with Crippen molar-refractivity contribution in [2.24, 2.45) is 5.92 Å². The van der Waals surface area contributed by atoms with Gasteiger partial charge in [0.2, 0.25) is 5.89 Å². The van der Waals surface area contributed by atoms with Gasteiger partial charge in [-0.2, -0.15) is 4.98 Å². The second-order valence-corrected chi connectivity index (χ2v) is 6.33. The Labute approximate surface area is 134 Å². The van der Waals surface area contributed by atoms with E-state index in [0.29, 0.717) is 46.9 Å². The third-order valence-corrected chi connectivity index (χ3v) is 3.75. The van der Waals surface area contributed by atoms with E-state index in [1.54, 1.807) is 12.1 Å². The Morgan fingerprint density at radius 2 is 2.00 bits per heavy atom. The molecule has 0 spiro atoms. The number of rotatable bonds is 6. The van der Waals surface area contributed by atoms with Gasteiger partial charge in [0, 0.05) is 6.42 Å². The van der Waals surface area contributed by atoms with Gasteiger partial charge in [-0.05, 0) is 30.0 Å². The van der Waals surface area contributed by atoms with Crippen LogP contribution in [0.3, 0.4) is 0 Å². The van der Waals surface area contributed by atoms with Crippen molar-refractivity contribution in [1.29, 1.82) is 0 Å². The quantitative estimate of drug-likeness (QED) is 0.873. The average molecular weight is 329 g/mol. The number of hydrogen-bond acceptors (Lipinski definition) is 4. The highest BCUT2D eigenvalue weighted by molar-refractivity contribution is 6.42. The molecule has 0 aliphatic heterocycles. The van der Waals surface area contributed by atoms with Crippen LogP contribution in [-0.4, -0.2) is 21.4 Å². The van der Waals surface area contributed by atoms with Gasteiger partial charge in [0.1, 0.15) is 0 Å². The number of nitrogens with zero attached hydrogens (tertiary/aromatic N) is 2. The lowest BCUT2D eigenvalue weighted by atomic mass is 10.0. The summed E-state index contributed by atoms with van der Waals surface area (Å²) in [7, 11) is 0. The lowest BCUT2D eigenvalue weighted by Gasteiger charge is -2.09. The standard InChI is InChI=1S/C15H18Cl2N2O2/c1-9(2)5-11(20)8-15-18-14(19-21-15)7-10-3-4-12(16)13(17)6-10/h3-4,6,9,11,20H,5,7-8H2,1-2H3. The van der Waals surface area contributed by atoms with E-state index in [-0.39, 0.29) is 0 Å². The van der Waals surface area contributed by atoms with Crippen LogP contribution in [-0.2, 0) is 12.8 Å². The first-order valence-electron chi connectivity index (χ1n) is 6.87. The molecule has 0 saturated carbocycles. The lowest BCUT2D eigenvalue weighted by molar-refractivity contribution is 0.138. The van der Waals surface area contributed by atoms with Crippen LogP contribution in [0, 0.1) is 5.92 Å². The number of benzene rings is 1. The Kier molecular flexibility index (Phi) is 5.62. The van der Waals surface area contributed by atoms with Gasteiger partial charge in [0.15, 0.2) is 5.82 Å². The smallest absolute Gasteiger partial charge is 0.229 e. The third kappa shape index (κ3) is 4.99. The van der Waals surface area contributed by atoms with Crippen LogP contribution >= 0.6 is 23.2 Å². The summed E-state index contributed by atoms with van der Waals surface area (Å²) in [6.45, 7) is 4.12. The highest BCUT2D eigenvalue weighted by Gasteiger charge is 2.14. The maximum Gasteiger partial charge on any atom is 0.229 e. The van der Waals surface area contributed by atoms with Gasteiger partial charge in [0.05, 0.1) is 22.6 Å². The zero-order chi connectivity index (χ0) is 15.4. The minimum absolute atomic E-state index is 0.382. The van der Waals surface area contributed by atoms with E-state index in [2.05, 4.69) is 24.0 Å². The monoisotopic (exact) mass is 328 g/mol. The Morgan fingerprint density at radius 3 is 2.67 bits per heavy atom. The molecule has 4 nitrogen and oxygen atoms in total. The SMILES string of the molecule is CC(C)CC(O)Cc1nc(Cc2ccc(Cl)c(Cl)c2)no1. The molecular weight excluding hydrogens is 311 g/mol. The fourth-order valence-corrected chi connectivity index (χ4v) is 2.43. The molecule has 21 heavy (non-hydrogen) atoms. The highest BCUT2D eigenvalue weighted by Crippen LogP contribution is 2.23. The summed E-state index contributed by atoms with van der Waals surface area (Å²) in [6.07, 6.45) is 1.15. The molecule has 1 N–H and O–H groups in total. The molecular formula is C15H18Cl2N2O2. The zero-order valence-electron chi connectivity index (χ0n) is 12.0. The third-order valence-electron chi connectivity index (χ3n) is 3.01. The first kappa shape index (κ1) is 16.3. The van der Waals surface area contributed by atoms with Gasteiger partial charge in [0.25, 0.3) is 0 Å². The largest absolute Gasteiger partial charge is 0.393 e. The lowest BCUT2D eigenvalue weighted by Crippen LogP contribution is -2.13. The molecule has 6 heteroatoms. The van der Waals surface area contributed by atoms with E-state index in [0.717, 1.165) is 5.56 Å². The van der Waals surface area contributed by atoms with Crippen LogP contribution in [0.1, 0.15) is 37.5 Å². The van der Waals surface area contributed by atoms with Crippen molar-refractivity contribution < 1.29 is 9.63 Å². The van der Waals surface area contributed by atoms with Crippen molar-refractivity contribution in [3.8, 4) is 0 Å². The van der Waals surface area contributed by atoms with Gasteiger partial charge >= 0.3 is 0 Å². The fourth-order valence-electron chi connectivity index (χ4n) is 2.11. The highest BCUT2D eigenvalue weighted by atomic mass is 35.5. The Hall–Kier alpha value is -1.10. The fraction of sp³-hybridized carbons (Fsp3) is 0.467. The topological polar surface area (TPSA) is 59.2 Å². The van der Waals surface area contributed by atoms with Gasteiger partial charge in [-0.3, -0.25) is 0 Å². The summed E-state index contributed by atoms with van der Waals surface area (Å²) >= 11 is 11.9. The summed E-state index contributed by atoms with van der Waals surface area (Å²) in [5.41, 5.74) is 0.958. The van der Waals surface area contributed by atoms with Crippen molar-refractivity contribution in [3.63, 3.8) is 0 Å². The van der Waals surface area contributed by atoms with Gasteiger partial charge in [-0.1, -0.05) is 48.3 Å². The predicted molar refractivity (Wildman–Crippen MR) is 82.7 cm³/mol. The van der Waals surface area contributed by atoms with E-state index in [1.807, 2.05) is 6.07 Å². The van der Waals surface area contributed by atoms with Gasteiger partial charge < -0.3 is 9.63 Å². The van der Waals surface area contributed by atoms with Gasteiger partial charge in [-0.15, -0.1) is 0 Å². The molecule has 0 aliphatic rings. The number of aromatic nitrogens is 2. The molecule has 2 aromatic rings. The van der Waals surface area contributed by atoms with E-state index >= 15 is 0 Å². The van der Waals surface area contributed by atoms with E-state index in [4.69, 9.17) is 27.7 Å². The summed E-state index contributed by atoms with van der Waals surface area (Å²) in [5.74, 6) is 1.46. The molecule has 1 aromatic carbocycles. The number of aliphatic hydroxyl groups excluding tert-OH is 1. The summed E-state index contributed by atoms with van der Waals surface area (Å²) in [5, 5.41) is 14.8. The predicted octanol–water partition coefficient (Wildman–Crippen LogP) is 3.92. The van der Waals surface area contributed by atoms with Crippen LogP contribution in [0.25, 0.3) is 0 Å². The van der Waals surface area contributed by atoms with Gasteiger partial charge in [-0.25, -0.2) is 0 Å². The Bertz CT molecular complexity index is 599. The maximum atomic E-state index is 9.88. The van der Waals surface area contributed by atoms with Crippen LogP contribution in [0.4, 0.5) is 0 Å². The molecule has 0 amide bonds. The Morgan fingerprint density at radius 1 is 1.24 bits per heavy atom. The molecule has 1 atom stereocenters. The normalized spacial score (nSPS) is 12.9. The Balaban J connectivity index is 1.98. The molecule has 1 unspecified atom stereocenters. The molecule has 1 aromatic heterocycles. The molecule has 0 bridgehead atoms. The van der Waals surface area contributed by atoms with Crippen LogP contribution in [0.5, 0.6) is 0 Å². The second-order valence-electron chi connectivity index (χ2n) is 5.52. The van der Waals surface area contributed by atoms with Crippen molar-refractivity contribution in [1.82, 2.24) is 10.1 Å². The molecule has 2 rings (SSSR count). The minimum Gasteiger partial charge on any atom is -0.393 e. The molecule has 1 heterocycles. The van der Waals surface area contributed by atoms with Crippen molar-refractivity contribution in [2.75, 3.05) is 0 Å². The maximum absolute atomic E-state index is 9.88. The minimum atomic E-state index is -0.455. The van der Waals surface area contributed by atoms with Crippen LogP contribution in [0.15, 0.2) is 22.7 Å². The molecule has 0 saturated heterocycles. The van der Waals surface area contributed by atoms with Crippen LogP contribution in [0.2, 0.25) is 10.0 Å². The molecule has 114 valence electrons. The first-order chi connectivity index (χ1) is 9.94. The number of halogens is 2. The van der Waals surface area contributed by atoms with Crippen molar-refractivity contribution in [3.05, 3.63) is 45.5 Å². The van der Waals surface area contributed by atoms with E-state index in [1.165, 1.54) is 0 Å². The molecule has 0 fully saturated rings. The summed E-state index contributed by atoms with van der Waals surface area (Å²) in [6, 6.07) is 5.40.